The number of likely N-dealkylation sites (tertiary alicyclic amines) is 1. The number of hydrogen-bond acceptors (Lipinski definition) is 4. The molecule has 1 N–H and O–H groups in total. The predicted molar refractivity (Wildman–Crippen MR) is 104 cm³/mol. The molecule has 1 saturated heterocycles. The quantitative estimate of drug-likeness (QED) is 0.799. The Hall–Kier alpha value is -1.79. The molecule has 1 aromatic heterocycles. The highest BCUT2D eigenvalue weighted by Crippen LogP contribution is 2.26. The van der Waals surface area contributed by atoms with Gasteiger partial charge >= 0.3 is 0 Å². The molecule has 1 aliphatic heterocycles. The molecule has 1 fully saturated rings. The lowest BCUT2D eigenvalue weighted by Gasteiger charge is -2.30. The molecule has 1 aliphatic rings. The second-order valence-electron chi connectivity index (χ2n) is 6.83. The Balaban J connectivity index is 1.55. The normalized spacial score (nSPS) is 16.4. The number of carbonyl (C=O) groups is 1. The van der Waals surface area contributed by atoms with Gasteiger partial charge < -0.3 is 10.2 Å². The van der Waals surface area contributed by atoms with Crippen molar-refractivity contribution in [2.24, 2.45) is 0 Å². The maximum absolute atomic E-state index is 13.9. The number of halogens is 1. The highest BCUT2D eigenvalue weighted by Gasteiger charge is 2.18. The zero-order valence-corrected chi connectivity index (χ0v) is 16.0. The van der Waals surface area contributed by atoms with Gasteiger partial charge in [-0.25, -0.2) is 9.37 Å². The number of carbonyl (C=O) groups excluding carboxylic acids is 1. The number of nitrogens with one attached hydrogen (secondary N) is 1. The fourth-order valence-corrected chi connectivity index (χ4v) is 4.17. The van der Waals surface area contributed by atoms with Gasteiger partial charge in [0.1, 0.15) is 10.8 Å². The number of amides is 1. The maximum Gasteiger partial charge on any atom is 0.226 e. The average molecular weight is 376 g/mol. The molecular weight excluding hydrogens is 349 g/mol. The van der Waals surface area contributed by atoms with E-state index in [2.05, 4.69) is 22.1 Å². The summed E-state index contributed by atoms with van der Waals surface area (Å²) in [5, 5.41) is 5.59. The summed E-state index contributed by atoms with van der Waals surface area (Å²) in [5.74, 6) is -0.301. The third kappa shape index (κ3) is 5.11. The summed E-state index contributed by atoms with van der Waals surface area (Å²) in [7, 11) is 0. The summed E-state index contributed by atoms with van der Waals surface area (Å²) in [6.45, 7) is 5.28. The van der Waals surface area contributed by atoms with Gasteiger partial charge in [0, 0.05) is 23.5 Å². The van der Waals surface area contributed by atoms with E-state index in [0.717, 1.165) is 26.1 Å². The van der Waals surface area contributed by atoms with Gasteiger partial charge in [0.2, 0.25) is 5.91 Å². The van der Waals surface area contributed by atoms with Gasteiger partial charge in [-0.05, 0) is 44.5 Å². The fourth-order valence-electron chi connectivity index (χ4n) is 3.32. The number of rotatable bonds is 7. The van der Waals surface area contributed by atoms with Crippen LogP contribution in [0.3, 0.4) is 0 Å². The number of aromatic nitrogens is 1. The minimum Gasteiger partial charge on any atom is -0.352 e. The topological polar surface area (TPSA) is 45.2 Å². The van der Waals surface area contributed by atoms with Crippen LogP contribution in [0.25, 0.3) is 10.6 Å². The van der Waals surface area contributed by atoms with Gasteiger partial charge in [-0.1, -0.05) is 25.5 Å². The Morgan fingerprint density at radius 3 is 2.81 bits per heavy atom. The van der Waals surface area contributed by atoms with E-state index in [9.17, 15) is 9.18 Å². The van der Waals surface area contributed by atoms with Crippen LogP contribution < -0.4 is 5.32 Å². The van der Waals surface area contributed by atoms with Gasteiger partial charge in [-0.2, -0.15) is 0 Å². The maximum atomic E-state index is 13.9. The second kappa shape index (κ2) is 9.24. The molecule has 0 bridgehead atoms. The van der Waals surface area contributed by atoms with Crippen molar-refractivity contribution in [2.45, 2.75) is 45.1 Å². The minimum absolute atomic E-state index is 0.0146. The molecule has 2 aromatic rings. The van der Waals surface area contributed by atoms with E-state index >= 15 is 0 Å². The molecule has 1 amide bonds. The van der Waals surface area contributed by atoms with Crippen LogP contribution in [0.1, 0.15) is 38.3 Å². The first kappa shape index (κ1) is 19.0. The van der Waals surface area contributed by atoms with E-state index in [1.807, 2.05) is 5.38 Å². The van der Waals surface area contributed by atoms with E-state index < -0.39 is 0 Å². The summed E-state index contributed by atoms with van der Waals surface area (Å²) >= 11 is 1.37. The highest BCUT2D eigenvalue weighted by molar-refractivity contribution is 7.13. The first-order valence-electron chi connectivity index (χ1n) is 9.36. The summed E-state index contributed by atoms with van der Waals surface area (Å²) in [6, 6.07) is 6.76. The fraction of sp³-hybridized carbons (Fsp3) is 0.500. The largest absolute Gasteiger partial charge is 0.352 e. The van der Waals surface area contributed by atoms with Crippen molar-refractivity contribution < 1.29 is 9.18 Å². The van der Waals surface area contributed by atoms with Crippen LogP contribution >= 0.6 is 11.3 Å². The highest BCUT2D eigenvalue weighted by atomic mass is 32.1. The van der Waals surface area contributed by atoms with Crippen molar-refractivity contribution in [1.29, 1.82) is 0 Å². The van der Waals surface area contributed by atoms with Crippen molar-refractivity contribution in [3.05, 3.63) is 41.2 Å². The first-order valence-corrected chi connectivity index (χ1v) is 10.2. The molecule has 0 spiro atoms. The molecule has 140 valence electrons. The van der Waals surface area contributed by atoms with Crippen molar-refractivity contribution in [1.82, 2.24) is 15.2 Å². The van der Waals surface area contributed by atoms with E-state index in [4.69, 9.17) is 0 Å². The molecule has 2 heterocycles. The lowest BCUT2D eigenvalue weighted by atomic mass is 10.1. The van der Waals surface area contributed by atoms with Gasteiger partial charge in [0.25, 0.3) is 0 Å². The zero-order valence-electron chi connectivity index (χ0n) is 15.2. The Morgan fingerprint density at radius 2 is 2.08 bits per heavy atom. The van der Waals surface area contributed by atoms with Crippen LogP contribution in [0, 0.1) is 5.82 Å². The standard InChI is InChI=1S/C20H26FN3OS/c1-2-15(13-24-10-6-3-7-11-24)22-19(25)12-16-14-26-20(23-16)17-8-4-5-9-18(17)21/h4-5,8-9,14-15H,2-3,6-7,10-13H2,1H3,(H,22,25)/t15-/m1/s1. The minimum atomic E-state index is -0.287. The zero-order chi connectivity index (χ0) is 18.4. The number of nitrogens with zero attached hydrogens (tertiary/aromatic N) is 2. The number of piperidine rings is 1. The Labute approximate surface area is 158 Å². The lowest BCUT2D eigenvalue weighted by molar-refractivity contribution is -0.121. The van der Waals surface area contributed by atoms with Crippen molar-refractivity contribution in [3.8, 4) is 10.6 Å². The molecule has 4 nitrogen and oxygen atoms in total. The average Bonchev–Trinajstić information content (AvgIpc) is 3.10. The van der Waals surface area contributed by atoms with Crippen molar-refractivity contribution >= 4 is 17.2 Å². The third-order valence-corrected chi connectivity index (χ3v) is 5.71. The Bertz CT molecular complexity index is 727. The number of hydrogen-bond donors (Lipinski definition) is 1. The van der Waals surface area contributed by atoms with E-state index in [-0.39, 0.29) is 24.2 Å². The molecule has 1 atom stereocenters. The van der Waals surface area contributed by atoms with Crippen LogP contribution in [0.15, 0.2) is 29.6 Å². The smallest absolute Gasteiger partial charge is 0.226 e. The number of thiazole rings is 1. The van der Waals surface area contributed by atoms with Crippen LogP contribution in [0.5, 0.6) is 0 Å². The third-order valence-electron chi connectivity index (χ3n) is 4.78. The summed E-state index contributed by atoms with van der Waals surface area (Å²) in [4.78, 5) is 19.3. The Kier molecular flexibility index (Phi) is 6.74. The lowest BCUT2D eigenvalue weighted by Crippen LogP contribution is -2.45. The monoisotopic (exact) mass is 375 g/mol. The van der Waals surface area contributed by atoms with Crippen molar-refractivity contribution in [3.63, 3.8) is 0 Å². The predicted octanol–water partition coefficient (Wildman–Crippen LogP) is 3.87. The summed E-state index contributed by atoms with van der Waals surface area (Å²) in [5.41, 5.74) is 1.18. The van der Waals surface area contributed by atoms with Crippen LogP contribution in [-0.4, -0.2) is 41.5 Å². The van der Waals surface area contributed by atoms with Crippen LogP contribution in [0.2, 0.25) is 0 Å². The molecular formula is C20H26FN3OS. The Morgan fingerprint density at radius 1 is 1.31 bits per heavy atom. The SMILES string of the molecule is CC[C@H](CN1CCCCC1)NC(=O)Cc1csc(-c2ccccc2F)n1. The van der Waals surface area contributed by atoms with Crippen LogP contribution in [0.4, 0.5) is 4.39 Å². The van der Waals surface area contributed by atoms with E-state index in [1.54, 1.807) is 18.2 Å². The molecule has 0 unspecified atom stereocenters. The summed E-state index contributed by atoms with van der Waals surface area (Å²) < 4.78 is 13.9. The van der Waals surface area contributed by atoms with E-state index in [0.29, 0.717) is 16.3 Å². The molecule has 3 rings (SSSR count). The molecule has 0 aliphatic carbocycles. The molecule has 1 aromatic carbocycles. The van der Waals surface area contributed by atoms with Gasteiger partial charge in [0.05, 0.1) is 12.1 Å². The molecule has 6 heteroatoms. The van der Waals surface area contributed by atoms with Crippen LogP contribution in [-0.2, 0) is 11.2 Å². The van der Waals surface area contributed by atoms with Crippen molar-refractivity contribution in [2.75, 3.05) is 19.6 Å². The van der Waals surface area contributed by atoms with Gasteiger partial charge in [-0.15, -0.1) is 11.3 Å². The van der Waals surface area contributed by atoms with E-state index in [1.165, 1.54) is 36.7 Å². The van der Waals surface area contributed by atoms with Gasteiger partial charge in [0.15, 0.2) is 0 Å². The number of benzene rings is 1. The molecule has 26 heavy (non-hydrogen) atoms. The molecule has 0 radical (unpaired) electrons. The molecule has 0 saturated carbocycles. The first-order chi connectivity index (χ1) is 12.7. The second-order valence-corrected chi connectivity index (χ2v) is 7.69. The van der Waals surface area contributed by atoms with Gasteiger partial charge in [-0.3, -0.25) is 4.79 Å². The summed E-state index contributed by atoms with van der Waals surface area (Å²) in [6.07, 6.45) is 4.97.